The van der Waals surface area contributed by atoms with Gasteiger partial charge in [0.25, 0.3) is 0 Å². The van der Waals surface area contributed by atoms with E-state index in [1.807, 2.05) is 0 Å². The summed E-state index contributed by atoms with van der Waals surface area (Å²) in [5.41, 5.74) is 0.465. The zero-order valence-corrected chi connectivity index (χ0v) is 17.5. The molecule has 3 aliphatic rings. The standard InChI is InChI=1S/C24H31F5O/c1-2-3-14-4-8-19-16(10-14)5-6-17-11-15(7-9-20(17)19)18-12-21(25)23(22(26)13-18)30-24(27,28)29/h12-17,19-20H,2-11H2,1H3. The lowest BCUT2D eigenvalue weighted by Crippen LogP contribution is -2.41. The molecule has 0 heterocycles. The summed E-state index contributed by atoms with van der Waals surface area (Å²) in [5.74, 6) is -0.143. The van der Waals surface area contributed by atoms with E-state index < -0.39 is 23.7 Å². The summed E-state index contributed by atoms with van der Waals surface area (Å²) in [4.78, 5) is 0. The molecule has 30 heavy (non-hydrogen) atoms. The zero-order chi connectivity index (χ0) is 21.5. The Hall–Kier alpha value is -1.33. The fourth-order valence-electron chi connectivity index (χ4n) is 6.89. The van der Waals surface area contributed by atoms with Crippen molar-refractivity contribution in [3.05, 3.63) is 29.3 Å². The zero-order valence-electron chi connectivity index (χ0n) is 17.5. The second kappa shape index (κ2) is 8.66. The van der Waals surface area contributed by atoms with Crippen LogP contribution in [0, 0.1) is 41.2 Å². The SMILES string of the molecule is CCCC1CCC2C(CCC3CC(c4cc(F)c(OC(F)(F)F)c(F)c4)CCC32)C1. The van der Waals surface area contributed by atoms with Gasteiger partial charge >= 0.3 is 6.36 Å². The highest BCUT2D eigenvalue weighted by Crippen LogP contribution is 2.55. The quantitative estimate of drug-likeness (QED) is 0.440. The predicted octanol–water partition coefficient (Wildman–Crippen LogP) is 7.99. The molecule has 168 valence electrons. The Morgan fingerprint density at radius 1 is 0.867 bits per heavy atom. The largest absolute Gasteiger partial charge is 0.573 e. The van der Waals surface area contributed by atoms with Crippen molar-refractivity contribution < 1.29 is 26.7 Å². The van der Waals surface area contributed by atoms with E-state index in [-0.39, 0.29) is 5.92 Å². The van der Waals surface area contributed by atoms with Crippen LogP contribution in [0.4, 0.5) is 22.0 Å². The number of halogens is 5. The van der Waals surface area contributed by atoms with Crippen LogP contribution in [-0.2, 0) is 0 Å². The highest BCUT2D eigenvalue weighted by molar-refractivity contribution is 5.33. The van der Waals surface area contributed by atoms with Crippen molar-refractivity contribution in [2.24, 2.45) is 29.6 Å². The Bertz CT molecular complexity index is 723. The summed E-state index contributed by atoms with van der Waals surface area (Å²) in [6, 6.07) is 2.08. The van der Waals surface area contributed by atoms with Gasteiger partial charge in [0.1, 0.15) is 0 Å². The minimum absolute atomic E-state index is 0.00293. The van der Waals surface area contributed by atoms with Crippen molar-refractivity contribution >= 4 is 0 Å². The lowest BCUT2D eigenvalue weighted by atomic mass is 9.55. The molecule has 6 unspecified atom stereocenters. The van der Waals surface area contributed by atoms with Gasteiger partial charge in [-0.05, 0) is 98.1 Å². The normalized spacial score (nSPS) is 34.2. The molecule has 0 spiro atoms. The molecule has 6 atom stereocenters. The fourth-order valence-corrected chi connectivity index (χ4v) is 6.89. The van der Waals surface area contributed by atoms with Crippen molar-refractivity contribution in [3.63, 3.8) is 0 Å². The van der Waals surface area contributed by atoms with E-state index in [1.165, 1.54) is 44.9 Å². The van der Waals surface area contributed by atoms with Gasteiger partial charge in [0, 0.05) is 0 Å². The second-order valence-electron chi connectivity index (χ2n) is 9.76. The summed E-state index contributed by atoms with van der Waals surface area (Å²) in [6.45, 7) is 2.26. The predicted molar refractivity (Wildman–Crippen MR) is 105 cm³/mol. The van der Waals surface area contributed by atoms with Crippen LogP contribution in [0.3, 0.4) is 0 Å². The Morgan fingerprint density at radius 2 is 1.47 bits per heavy atom. The van der Waals surface area contributed by atoms with Gasteiger partial charge in [0.15, 0.2) is 11.6 Å². The smallest absolute Gasteiger partial charge is 0.399 e. The van der Waals surface area contributed by atoms with Gasteiger partial charge in [-0.1, -0.05) is 26.2 Å². The third-order valence-electron chi connectivity index (χ3n) is 8.06. The van der Waals surface area contributed by atoms with E-state index in [0.29, 0.717) is 17.4 Å². The molecule has 1 aromatic rings. The molecule has 3 saturated carbocycles. The van der Waals surface area contributed by atoms with E-state index in [2.05, 4.69) is 11.7 Å². The summed E-state index contributed by atoms with van der Waals surface area (Å²) >= 11 is 0. The maximum atomic E-state index is 14.2. The summed E-state index contributed by atoms with van der Waals surface area (Å²) in [5, 5.41) is 0. The van der Waals surface area contributed by atoms with Crippen LogP contribution >= 0.6 is 0 Å². The molecule has 0 aliphatic heterocycles. The first kappa shape index (κ1) is 21.9. The first-order chi connectivity index (χ1) is 14.2. The summed E-state index contributed by atoms with van der Waals surface area (Å²) in [6.07, 6.45) is 6.69. The van der Waals surface area contributed by atoms with Crippen molar-refractivity contribution in [2.45, 2.75) is 83.4 Å². The summed E-state index contributed by atoms with van der Waals surface area (Å²) < 4.78 is 69.1. The van der Waals surface area contributed by atoms with Gasteiger partial charge in [-0.25, -0.2) is 8.78 Å². The lowest BCUT2D eigenvalue weighted by Gasteiger charge is -2.51. The number of fused-ring (bicyclic) bond motifs is 3. The van der Waals surface area contributed by atoms with Crippen LogP contribution in [0.2, 0.25) is 0 Å². The van der Waals surface area contributed by atoms with Crippen LogP contribution < -0.4 is 4.74 Å². The van der Waals surface area contributed by atoms with Crippen molar-refractivity contribution in [1.82, 2.24) is 0 Å². The number of alkyl halides is 3. The molecule has 0 amide bonds. The molecule has 3 aliphatic carbocycles. The van der Waals surface area contributed by atoms with E-state index in [4.69, 9.17) is 0 Å². The fraction of sp³-hybridized carbons (Fsp3) is 0.750. The van der Waals surface area contributed by atoms with E-state index in [1.54, 1.807) is 0 Å². The first-order valence-electron chi connectivity index (χ1n) is 11.5. The summed E-state index contributed by atoms with van der Waals surface area (Å²) in [7, 11) is 0. The van der Waals surface area contributed by atoms with Crippen molar-refractivity contribution in [3.8, 4) is 5.75 Å². The third kappa shape index (κ3) is 4.62. The average molecular weight is 431 g/mol. The van der Waals surface area contributed by atoms with Gasteiger partial charge < -0.3 is 4.74 Å². The number of ether oxygens (including phenoxy) is 1. The third-order valence-corrected chi connectivity index (χ3v) is 8.06. The van der Waals surface area contributed by atoms with E-state index in [0.717, 1.165) is 49.1 Å². The Labute approximate surface area is 175 Å². The Morgan fingerprint density at radius 3 is 2.07 bits per heavy atom. The highest BCUT2D eigenvalue weighted by atomic mass is 19.4. The van der Waals surface area contributed by atoms with E-state index in [9.17, 15) is 22.0 Å². The molecule has 0 radical (unpaired) electrons. The number of rotatable bonds is 4. The Kier molecular flexibility index (Phi) is 6.32. The maximum Gasteiger partial charge on any atom is 0.573 e. The van der Waals surface area contributed by atoms with Crippen LogP contribution in [0.1, 0.15) is 82.6 Å². The molecule has 1 aromatic carbocycles. The molecule has 3 fully saturated rings. The molecule has 0 bridgehead atoms. The number of hydrogen-bond donors (Lipinski definition) is 0. The minimum Gasteiger partial charge on any atom is -0.399 e. The minimum atomic E-state index is -5.12. The van der Waals surface area contributed by atoms with Crippen molar-refractivity contribution in [2.75, 3.05) is 0 Å². The van der Waals surface area contributed by atoms with Crippen LogP contribution in [-0.4, -0.2) is 6.36 Å². The molecule has 4 rings (SSSR count). The Balaban J connectivity index is 1.43. The number of hydrogen-bond acceptors (Lipinski definition) is 1. The molecule has 6 heteroatoms. The first-order valence-corrected chi connectivity index (χ1v) is 11.5. The van der Waals surface area contributed by atoms with Gasteiger partial charge in [0.2, 0.25) is 5.75 Å². The van der Waals surface area contributed by atoms with Gasteiger partial charge in [-0.2, -0.15) is 0 Å². The van der Waals surface area contributed by atoms with Crippen LogP contribution in [0.5, 0.6) is 5.75 Å². The average Bonchev–Trinajstić information content (AvgIpc) is 2.69. The van der Waals surface area contributed by atoms with Gasteiger partial charge in [-0.3, -0.25) is 0 Å². The van der Waals surface area contributed by atoms with E-state index >= 15 is 0 Å². The molecule has 0 N–H and O–H groups in total. The second-order valence-corrected chi connectivity index (χ2v) is 9.76. The van der Waals surface area contributed by atoms with Crippen LogP contribution in [0.25, 0.3) is 0 Å². The topological polar surface area (TPSA) is 9.23 Å². The molecular formula is C24H31F5O. The van der Waals surface area contributed by atoms with Crippen LogP contribution in [0.15, 0.2) is 12.1 Å². The highest BCUT2D eigenvalue weighted by Gasteiger charge is 2.44. The molecule has 0 saturated heterocycles. The molecule has 0 aromatic heterocycles. The number of benzene rings is 1. The monoisotopic (exact) mass is 430 g/mol. The molecular weight excluding hydrogens is 399 g/mol. The van der Waals surface area contributed by atoms with Gasteiger partial charge in [0.05, 0.1) is 0 Å². The maximum absolute atomic E-state index is 14.2. The molecule has 1 nitrogen and oxygen atoms in total. The van der Waals surface area contributed by atoms with Crippen molar-refractivity contribution in [1.29, 1.82) is 0 Å². The lowest BCUT2D eigenvalue weighted by molar-refractivity contribution is -0.276. The van der Waals surface area contributed by atoms with Gasteiger partial charge in [-0.15, -0.1) is 13.2 Å².